The number of nitrogens with zero attached hydrogens (tertiary/aromatic N) is 2. The zero-order valence-electron chi connectivity index (χ0n) is 12.0. The Labute approximate surface area is 117 Å². The highest BCUT2D eigenvalue weighted by atomic mass is 19.4. The summed E-state index contributed by atoms with van der Waals surface area (Å²) in [7, 11) is 0. The zero-order valence-corrected chi connectivity index (χ0v) is 12.0. The largest absolute Gasteiger partial charge is 0.409 e. The molecule has 1 aromatic heterocycles. The topological polar surface area (TPSA) is 28.2 Å². The normalized spacial score (nSPS) is 21.1. The lowest BCUT2D eigenvalue weighted by Gasteiger charge is -2.38. The molecule has 2 rings (SSSR count). The quantitative estimate of drug-likeness (QED) is 0.861. The predicted molar refractivity (Wildman–Crippen MR) is 73.0 cm³/mol. The van der Waals surface area contributed by atoms with E-state index in [1.165, 1.54) is 4.90 Å². The lowest BCUT2D eigenvalue weighted by molar-refractivity contribution is -0.149. The maximum absolute atomic E-state index is 13.0. The molecule has 0 aliphatic carbocycles. The van der Waals surface area contributed by atoms with Crippen molar-refractivity contribution in [2.24, 2.45) is 0 Å². The first-order valence-electron chi connectivity index (χ1n) is 6.70. The minimum absolute atomic E-state index is 0.0788. The molecule has 0 saturated carbocycles. The van der Waals surface area contributed by atoms with Gasteiger partial charge in [0.05, 0.1) is 11.9 Å². The molecule has 1 aliphatic heterocycles. The van der Waals surface area contributed by atoms with Gasteiger partial charge in [-0.3, -0.25) is 4.98 Å². The summed E-state index contributed by atoms with van der Waals surface area (Å²) in [6.07, 6.45) is -2.69. The molecular weight excluding hydrogens is 267 g/mol. The SMILES string of the molecule is CC(C)(C)c1ccc(N2CCNC[C@@H]2C(F)(F)F)cn1. The zero-order chi connectivity index (χ0) is 15.0. The highest BCUT2D eigenvalue weighted by Gasteiger charge is 2.44. The van der Waals surface area contributed by atoms with Crippen LogP contribution in [-0.2, 0) is 5.41 Å². The van der Waals surface area contributed by atoms with Crippen LogP contribution in [0.5, 0.6) is 0 Å². The molecule has 0 radical (unpaired) electrons. The molecule has 0 spiro atoms. The Balaban J connectivity index is 2.25. The molecule has 6 heteroatoms. The van der Waals surface area contributed by atoms with E-state index in [1.54, 1.807) is 12.3 Å². The van der Waals surface area contributed by atoms with Crippen LogP contribution in [0.2, 0.25) is 0 Å². The van der Waals surface area contributed by atoms with E-state index in [4.69, 9.17) is 0 Å². The van der Waals surface area contributed by atoms with Gasteiger partial charge in [-0.1, -0.05) is 20.8 Å². The minimum Gasteiger partial charge on any atom is -0.356 e. The standard InChI is InChI=1S/C14H20F3N3/c1-13(2,3)11-5-4-10(8-19-11)20-7-6-18-9-12(20)14(15,16)17/h4-5,8,12,18H,6-7,9H2,1-3H3/t12-/m1/s1. The van der Waals surface area contributed by atoms with Gasteiger partial charge in [0, 0.05) is 30.7 Å². The van der Waals surface area contributed by atoms with E-state index in [0.29, 0.717) is 18.8 Å². The van der Waals surface area contributed by atoms with Gasteiger partial charge < -0.3 is 10.2 Å². The maximum atomic E-state index is 13.0. The number of hydrogen-bond acceptors (Lipinski definition) is 3. The first kappa shape index (κ1) is 15.1. The van der Waals surface area contributed by atoms with Crippen LogP contribution in [0.25, 0.3) is 0 Å². The fourth-order valence-electron chi connectivity index (χ4n) is 2.31. The maximum Gasteiger partial charge on any atom is 0.409 e. The Morgan fingerprint density at radius 3 is 2.45 bits per heavy atom. The molecule has 20 heavy (non-hydrogen) atoms. The predicted octanol–water partition coefficient (Wildman–Crippen LogP) is 2.72. The average molecular weight is 287 g/mol. The third-order valence-corrected chi connectivity index (χ3v) is 3.47. The van der Waals surface area contributed by atoms with Crippen LogP contribution in [0.15, 0.2) is 18.3 Å². The summed E-state index contributed by atoms with van der Waals surface area (Å²) in [6, 6.07) is 2.06. The summed E-state index contributed by atoms with van der Waals surface area (Å²) in [5.41, 5.74) is 1.30. The molecule has 1 N–H and O–H groups in total. The molecule has 112 valence electrons. The van der Waals surface area contributed by atoms with Gasteiger partial charge in [0.15, 0.2) is 0 Å². The van der Waals surface area contributed by atoms with Crippen molar-refractivity contribution in [2.45, 2.75) is 38.4 Å². The van der Waals surface area contributed by atoms with E-state index in [9.17, 15) is 13.2 Å². The number of aromatic nitrogens is 1. The van der Waals surface area contributed by atoms with Gasteiger partial charge >= 0.3 is 6.18 Å². The Hall–Kier alpha value is -1.30. The molecule has 3 nitrogen and oxygen atoms in total. The van der Waals surface area contributed by atoms with Crippen LogP contribution in [0, 0.1) is 0 Å². The van der Waals surface area contributed by atoms with Crippen molar-refractivity contribution in [3.8, 4) is 0 Å². The van der Waals surface area contributed by atoms with Crippen LogP contribution in [0.1, 0.15) is 26.5 Å². The van der Waals surface area contributed by atoms with E-state index >= 15 is 0 Å². The third-order valence-electron chi connectivity index (χ3n) is 3.47. The van der Waals surface area contributed by atoms with Crippen LogP contribution in [-0.4, -0.2) is 36.8 Å². The summed E-state index contributed by atoms with van der Waals surface area (Å²) in [5, 5.41) is 2.79. The van der Waals surface area contributed by atoms with E-state index in [0.717, 1.165) is 5.69 Å². The summed E-state index contributed by atoms with van der Waals surface area (Å²) < 4.78 is 39.1. The minimum atomic E-state index is -4.24. The van der Waals surface area contributed by atoms with Gasteiger partial charge in [-0.2, -0.15) is 13.2 Å². The Kier molecular flexibility index (Phi) is 3.95. The molecule has 1 saturated heterocycles. The average Bonchev–Trinajstić information content (AvgIpc) is 2.37. The van der Waals surface area contributed by atoms with E-state index in [1.807, 2.05) is 26.8 Å². The number of piperazine rings is 1. The molecule has 2 heterocycles. The summed E-state index contributed by atoms with van der Waals surface area (Å²) >= 11 is 0. The Morgan fingerprint density at radius 2 is 1.95 bits per heavy atom. The van der Waals surface area contributed by atoms with E-state index in [2.05, 4.69) is 10.3 Å². The highest BCUT2D eigenvalue weighted by molar-refractivity contribution is 5.47. The number of alkyl halides is 3. The van der Waals surface area contributed by atoms with Crippen LogP contribution < -0.4 is 10.2 Å². The van der Waals surface area contributed by atoms with Gasteiger partial charge in [0.2, 0.25) is 0 Å². The highest BCUT2D eigenvalue weighted by Crippen LogP contribution is 2.30. The van der Waals surface area contributed by atoms with Crippen molar-refractivity contribution in [3.05, 3.63) is 24.0 Å². The number of hydrogen-bond donors (Lipinski definition) is 1. The van der Waals surface area contributed by atoms with Crippen molar-refractivity contribution in [3.63, 3.8) is 0 Å². The van der Waals surface area contributed by atoms with Crippen LogP contribution >= 0.6 is 0 Å². The fraction of sp³-hybridized carbons (Fsp3) is 0.643. The number of nitrogens with one attached hydrogen (secondary N) is 1. The fourth-order valence-corrected chi connectivity index (χ4v) is 2.31. The van der Waals surface area contributed by atoms with Crippen molar-refractivity contribution in [2.75, 3.05) is 24.5 Å². The summed E-state index contributed by atoms with van der Waals surface area (Å²) in [4.78, 5) is 5.70. The first-order valence-corrected chi connectivity index (χ1v) is 6.70. The number of rotatable bonds is 1. The second-order valence-corrected chi connectivity index (χ2v) is 6.11. The smallest absolute Gasteiger partial charge is 0.356 e. The van der Waals surface area contributed by atoms with Gasteiger partial charge in [0.25, 0.3) is 0 Å². The van der Waals surface area contributed by atoms with Gasteiger partial charge in [-0.15, -0.1) is 0 Å². The lowest BCUT2D eigenvalue weighted by atomic mass is 9.91. The summed E-state index contributed by atoms with van der Waals surface area (Å²) in [5.74, 6) is 0. The van der Waals surface area contributed by atoms with Crippen molar-refractivity contribution in [1.82, 2.24) is 10.3 Å². The van der Waals surface area contributed by atoms with Crippen LogP contribution in [0.3, 0.4) is 0 Å². The molecule has 1 fully saturated rings. The summed E-state index contributed by atoms with van der Waals surface area (Å²) in [6.45, 7) is 6.88. The van der Waals surface area contributed by atoms with Gasteiger partial charge in [-0.25, -0.2) is 0 Å². The molecule has 1 atom stereocenters. The lowest BCUT2D eigenvalue weighted by Crippen LogP contribution is -2.58. The Morgan fingerprint density at radius 1 is 1.25 bits per heavy atom. The second-order valence-electron chi connectivity index (χ2n) is 6.11. The number of halogens is 3. The van der Waals surface area contributed by atoms with Crippen molar-refractivity contribution < 1.29 is 13.2 Å². The third kappa shape index (κ3) is 3.23. The molecule has 1 aromatic rings. The molecule has 0 aromatic carbocycles. The molecule has 0 unspecified atom stereocenters. The number of pyridine rings is 1. The monoisotopic (exact) mass is 287 g/mol. The molecule has 1 aliphatic rings. The van der Waals surface area contributed by atoms with Gasteiger partial charge in [-0.05, 0) is 12.1 Å². The second kappa shape index (κ2) is 5.24. The first-order chi connectivity index (χ1) is 9.19. The van der Waals surface area contributed by atoms with Crippen molar-refractivity contribution >= 4 is 5.69 Å². The molecular formula is C14H20F3N3. The molecule has 0 amide bonds. The van der Waals surface area contributed by atoms with E-state index in [-0.39, 0.29) is 12.0 Å². The van der Waals surface area contributed by atoms with E-state index < -0.39 is 12.2 Å². The number of anilines is 1. The van der Waals surface area contributed by atoms with Crippen molar-refractivity contribution in [1.29, 1.82) is 0 Å². The Bertz CT molecular complexity index is 448. The van der Waals surface area contributed by atoms with Gasteiger partial charge in [0.1, 0.15) is 6.04 Å². The van der Waals surface area contributed by atoms with Crippen LogP contribution in [0.4, 0.5) is 18.9 Å². The molecule has 0 bridgehead atoms.